The number of carbonyl (C=O) groups excluding carboxylic acids is 1. The summed E-state index contributed by atoms with van der Waals surface area (Å²) >= 11 is 0. The Kier molecular flexibility index (Phi) is 7.14. The van der Waals surface area contributed by atoms with Crippen molar-refractivity contribution in [2.24, 2.45) is 39.4 Å². The van der Waals surface area contributed by atoms with Gasteiger partial charge in [0.1, 0.15) is 6.10 Å². The van der Waals surface area contributed by atoms with E-state index in [0.29, 0.717) is 23.3 Å². The number of ether oxygens (including phenoxy) is 1. The van der Waals surface area contributed by atoms with Crippen LogP contribution in [0.4, 0.5) is 0 Å². The molecule has 0 heterocycles. The number of carboxylic acids is 1. The Morgan fingerprint density at radius 1 is 1.14 bits per heavy atom. The molecule has 4 aliphatic rings. The molecule has 4 rings (SSSR count). The van der Waals surface area contributed by atoms with Crippen LogP contribution in [0.2, 0.25) is 0 Å². The van der Waals surface area contributed by atoms with Gasteiger partial charge < -0.3 is 14.9 Å². The van der Waals surface area contributed by atoms with Crippen LogP contribution < -0.4 is 0 Å². The fraction of sp³-hybridized carbons (Fsp3) is 0.750. The largest absolute Gasteiger partial charge is 0.478 e. The Morgan fingerprint density at radius 3 is 2.43 bits per heavy atom. The SMILES string of the molecule is CC(=O)OC1CCC2(C)C3=CCC4(C)C(C(C)CCC=C(C)C(=O)O)CC(O)C4(C)C3=CCC2C1(C)C. The van der Waals surface area contributed by atoms with Gasteiger partial charge in [-0.3, -0.25) is 4.79 Å². The minimum Gasteiger partial charge on any atom is -0.478 e. The molecule has 0 aromatic rings. The lowest BCUT2D eigenvalue weighted by Crippen LogP contribution is -2.56. The zero-order valence-corrected chi connectivity index (χ0v) is 24.2. The summed E-state index contributed by atoms with van der Waals surface area (Å²) in [6, 6.07) is 0. The van der Waals surface area contributed by atoms with Crippen LogP contribution in [0.5, 0.6) is 0 Å². The third kappa shape index (κ3) is 4.15. The highest BCUT2D eigenvalue weighted by molar-refractivity contribution is 5.85. The Hall–Kier alpha value is -1.88. The molecule has 0 aromatic carbocycles. The Balaban J connectivity index is 1.64. The Labute approximate surface area is 223 Å². The first-order valence-corrected chi connectivity index (χ1v) is 14.3. The summed E-state index contributed by atoms with van der Waals surface area (Å²) in [5.41, 5.74) is 2.68. The lowest BCUT2D eigenvalue weighted by atomic mass is 9.44. The molecule has 0 bridgehead atoms. The van der Waals surface area contributed by atoms with E-state index in [9.17, 15) is 19.8 Å². The van der Waals surface area contributed by atoms with Crippen LogP contribution in [0, 0.1) is 39.4 Å². The highest BCUT2D eigenvalue weighted by atomic mass is 16.5. The number of fused-ring (bicyclic) bond motifs is 5. The van der Waals surface area contributed by atoms with Gasteiger partial charge in [-0.05, 0) is 91.6 Å². The van der Waals surface area contributed by atoms with Gasteiger partial charge in [-0.2, -0.15) is 0 Å². The quantitative estimate of drug-likeness (QED) is 0.300. The summed E-state index contributed by atoms with van der Waals surface area (Å²) in [7, 11) is 0. The Bertz CT molecular complexity index is 1050. The normalized spacial score (nSPS) is 41.5. The Morgan fingerprint density at radius 2 is 1.81 bits per heavy atom. The second kappa shape index (κ2) is 9.39. The molecule has 0 saturated heterocycles. The van der Waals surface area contributed by atoms with E-state index in [2.05, 4.69) is 53.7 Å². The third-order valence-electron chi connectivity index (χ3n) is 11.7. The average Bonchev–Trinajstić information content (AvgIpc) is 3.02. The van der Waals surface area contributed by atoms with Crippen LogP contribution in [0.3, 0.4) is 0 Å². The summed E-state index contributed by atoms with van der Waals surface area (Å²) in [4.78, 5) is 23.0. The standard InChI is InChI=1S/C32H48O5/c1-19(10-9-11-20(2)28(35)36)24-18-26(34)32(8)23-12-13-25-29(4,5)27(37-21(3)33)15-16-30(25,6)22(23)14-17-31(24,32)7/h11-12,14,19,24-27,34H,9-10,13,15-18H2,1-8H3,(H,35,36). The number of carbonyl (C=O) groups is 2. The number of hydrogen-bond acceptors (Lipinski definition) is 4. The number of carboxylic acid groups (broad SMARTS) is 1. The predicted molar refractivity (Wildman–Crippen MR) is 146 cm³/mol. The number of esters is 1. The first-order chi connectivity index (χ1) is 17.1. The van der Waals surface area contributed by atoms with Gasteiger partial charge in [0.25, 0.3) is 0 Å². The number of aliphatic hydroxyl groups excluding tert-OH is 1. The highest BCUT2D eigenvalue weighted by Crippen LogP contribution is 2.71. The topological polar surface area (TPSA) is 83.8 Å². The molecule has 5 nitrogen and oxygen atoms in total. The van der Waals surface area contributed by atoms with Crippen molar-refractivity contribution in [1.29, 1.82) is 0 Å². The molecular formula is C32H48O5. The minimum absolute atomic E-state index is 0.00283. The second-order valence-corrected chi connectivity index (χ2v) is 13.8. The molecule has 0 amide bonds. The van der Waals surface area contributed by atoms with Gasteiger partial charge in [0.2, 0.25) is 0 Å². The maximum atomic E-state index is 11.8. The van der Waals surface area contributed by atoms with E-state index in [1.807, 2.05) is 6.08 Å². The average molecular weight is 513 g/mol. The van der Waals surface area contributed by atoms with E-state index in [4.69, 9.17) is 4.74 Å². The molecule has 37 heavy (non-hydrogen) atoms. The number of allylic oxidation sites excluding steroid dienone is 4. The molecule has 0 aromatic heterocycles. The zero-order valence-electron chi connectivity index (χ0n) is 24.2. The van der Waals surface area contributed by atoms with Crippen molar-refractivity contribution in [3.8, 4) is 0 Å². The molecule has 0 aliphatic heterocycles. The fourth-order valence-electron chi connectivity index (χ4n) is 9.19. The number of aliphatic hydroxyl groups is 1. The van der Waals surface area contributed by atoms with Gasteiger partial charge in [-0.15, -0.1) is 0 Å². The van der Waals surface area contributed by atoms with Gasteiger partial charge in [0, 0.05) is 23.3 Å². The number of aliphatic carboxylic acids is 1. The van der Waals surface area contributed by atoms with E-state index in [1.165, 1.54) is 18.1 Å². The van der Waals surface area contributed by atoms with Crippen molar-refractivity contribution < 1.29 is 24.5 Å². The van der Waals surface area contributed by atoms with Crippen molar-refractivity contribution in [2.75, 3.05) is 0 Å². The molecule has 2 saturated carbocycles. The van der Waals surface area contributed by atoms with Gasteiger partial charge in [-0.25, -0.2) is 4.79 Å². The highest BCUT2D eigenvalue weighted by Gasteiger charge is 2.66. The maximum Gasteiger partial charge on any atom is 0.330 e. The molecule has 2 fully saturated rings. The van der Waals surface area contributed by atoms with Crippen molar-refractivity contribution in [2.45, 2.75) is 113 Å². The van der Waals surface area contributed by atoms with Crippen LogP contribution in [0.15, 0.2) is 34.9 Å². The van der Waals surface area contributed by atoms with Gasteiger partial charge >= 0.3 is 11.9 Å². The van der Waals surface area contributed by atoms with Crippen LogP contribution in [0.1, 0.15) is 100 Å². The first-order valence-electron chi connectivity index (χ1n) is 14.3. The first kappa shape index (κ1) is 28.1. The lowest BCUT2D eigenvalue weighted by molar-refractivity contribution is -0.165. The molecule has 8 unspecified atom stereocenters. The lowest BCUT2D eigenvalue weighted by Gasteiger charge is -2.61. The van der Waals surface area contributed by atoms with E-state index >= 15 is 0 Å². The van der Waals surface area contributed by atoms with Crippen molar-refractivity contribution >= 4 is 11.9 Å². The third-order valence-corrected chi connectivity index (χ3v) is 11.7. The van der Waals surface area contributed by atoms with Crippen LogP contribution in [0.25, 0.3) is 0 Å². The minimum atomic E-state index is -0.852. The number of hydrogen-bond donors (Lipinski definition) is 2. The monoisotopic (exact) mass is 512 g/mol. The molecule has 4 aliphatic carbocycles. The summed E-state index contributed by atoms with van der Waals surface area (Å²) in [6.07, 6.45) is 12.5. The molecule has 5 heteroatoms. The number of rotatable bonds is 6. The summed E-state index contributed by atoms with van der Waals surface area (Å²) in [5.74, 6) is 0.0798. The summed E-state index contributed by atoms with van der Waals surface area (Å²) < 4.78 is 5.80. The van der Waals surface area contributed by atoms with Gasteiger partial charge in [0.15, 0.2) is 0 Å². The smallest absolute Gasteiger partial charge is 0.330 e. The summed E-state index contributed by atoms with van der Waals surface area (Å²) in [6.45, 7) is 17.1. The van der Waals surface area contributed by atoms with Gasteiger partial charge in [-0.1, -0.05) is 59.8 Å². The fourth-order valence-corrected chi connectivity index (χ4v) is 9.19. The van der Waals surface area contributed by atoms with E-state index in [1.54, 1.807) is 6.92 Å². The molecular weight excluding hydrogens is 464 g/mol. The summed E-state index contributed by atoms with van der Waals surface area (Å²) in [5, 5.41) is 20.9. The molecule has 206 valence electrons. The molecule has 2 N–H and O–H groups in total. The molecule has 8 atom stereocenters. The van der Waals surface area contributed by atoms with E-state index in [-0.39, 0.29) is 33.7 Å². The second-order valence-electron chi connectivity index (χ2n) is 13.8. The zero-order chi connectivity index (χ0) is 27.6. The van der Waals surface area contributed by atoms with Crippen molar-refractivity contribution in [1.82, 2.24) is 0 Å². The van der Waals surface area contributed by atoms with Crippen molar-refractivity contribution in [3.05, 3.63) is 34.9 Å². The maximum absolute atomic E-state index is 11.8. The predicted octanol–water partition coefficient (Wildman–Crippen LogP) is 6.86. The van der Waals surface area contributed by atoms with Gasteiger partial charge in [0.05, 0.1) is 6.10 Å². The van der Waals surface area contributed by atoms with Crippen LogP contribution in [-0.4, -0.2) is 34.4 Å². The molecule has 0 radical (unpaired) electrons. The van der Waals surface area contributed by atoms with E-state index < -0.39 is 12.1 Å². The van der Waals surface area contributed by atoms with E-state index in [0.717, 1.165) is 44.9 Å². The molecule has 0 spiro atoms. The van der Waals surface area contributed by atoms with Crippen LogP contribution in [-0.2, 0) is 14.3 Å². The van der Waals surface area contributed by atoms with Crippen LogP contribution >= 0.6 is 0 Å². The van der Waals surface area contributed by atoms with Crippen molar-refractivity contribution in [3.63, 3.8) is 0 Å².